The molecular weight excluding hydrogens is 723 g/mol. The molecule has 8 aromatic carbocycles. The molecule has 0 N–H and O–H groups in total. The third-order valence-corrected chi connectivity index (χ3v) is 15.9. The SMILES string of the molecule is C/C(=C/c1ccc2oc3ccc([Si](C)(C)c4ccc5oc6ccc(-n7c8ccccc8c8ccccc87)cc6c5c4)cc3c2c1)c1ccccc1-c1ccccc1C. The quantitative estimate of drug-likeness (QED) is 0.125. The third kappa shape index (κ3) is 5.40. The van der Waals surface area contributed by atoms with Gasteiger partial charge in [-0.1, -0.05) is 145 Å². The normalized spacial score (nSPS) is 12.6. The predicted octanol–water partition coefficient (Wildman–Crippen LogP) is 13.9. The summed E-state index contributed by atoms with van der Waals surface area (Å²) < 4.78 is 15.3. The number of hydrogen-bond acceptors (Lipinski definition) is 2. The molecule has 0 unspecified atom stereocenters. The van der Waals surface area contributed by atoms with E-state index in [-0.39, 0.29) is 0 Å². The maximum Gasteiger partial charge on any atom is 0.135 e. The van der Waals surface area contributed by atoms with E-state index < -0.39 is 8.07 Å². The Hall–Kier alpha value is -6.88. The summed E-state index contributed by atoms with van der Waals surface area (Å²) in [7, 11) is -2.18. The van der Waals surface area contributed by atoms with Crippen molar-refractivity contribution in [2.75, 3.05) is 0 Å². The number of rotatable bonds is 6. The van der Waals surface area contributed by atoms with E-state index in [9.17, 15) is 0 Å². The van der Waals surface area contributed by atoms with Crippen LogP contribution in [-0.4, -0.2) is 12.6 Å². The first kappa shape index (κ1) is 34.4. The number of allylic oxidation sites excluding steroid dienone is 1. The van der Waals surface area contributed by atoms with Gasteiger partial charge in [0.15, 0.2) is 0 Å². The zero-order valence-corrected chi connectivity index (χ0v) is 34.0. The average molecular weight is 764 g/mol. The molecule has 4 heteroatoms. The maximum absolute atomic E-state index is 6.46. The Morgan fingerprint density at radius 2 is 0.983 bits per heavy atom. The zero-order chi connectivity index (χ0) is 39.1. The van der Waals surface area contributed by atoms with Crippen LogP contribution >= 0.6 is 0 Å². The van der Waals surface area contributed by atoms with Crippen LogP contribution in [0.4, 0.5) is 0 Å². The van der Waals surface area contributed by atoms with Gasteiger partial charge >= 0.3 is 0 Å². The van der Waals surface area contributed by atoms with Crippen molar-refractivity contribution in [1.82, 2.24) is 4.57 Å². The van der Waals surface area contributed by atoms with E-state index in [1.807, 2.05) is 0 Å². The Balaban J connectivity index is 0.981. The van der Waals surface area contributed by atoms with E-state index in [2.05, 4.69) is 207 Å². The van der Waals surface area contributed by atoms with Gasteiger partial charge in [-0.15, -0.1) is 0 Å². The second-order valence-electron chi connectivity index (χ2n) is 16.2. The summed E-state index contributed by atoms with van der Waals surface area (Å²) in [5, 5.41) is 9.84. The first-order valence-corrected chi connectivity index (χ1v) is 23.1. The van der Waals surface area contributed by atoms with Crippen LogP contribution in [0.25, 0.3) is 94.1 Å². The van der Waals surface area contributed by atoms with Crippen molar-refractivity contribution in [2.24, 2.45) is 0 Å². The summed E-state index contributed by atoms with van der Waals surface area (Å²) >= 11 is 0. The van der Waals surface area contributed by atoms with Crippen LogP contribution in [0.15, 0.2) is 179 Å². The van der Waals surface area contributed by atoms with Gasteiger partial charge in [-0.2, -0.15) is 0 Å². The molecule has 0 aliphatic rings. The Morgan fingerprint density at radius 1 is 0.483 bits per heavy atom. The van der Waals surface area contributed by atoms with Crippen molar-refractivity contribution >= 4 is 95.8 Å². The number of nitrogens with zero attached hydrogens (tertiary/aromatic N) is 1. The minimum Gasteiger partial charge on any atom is -0.456 e. The third-order valence-electron chi connectivity index (χ3n) is 12.4. The number of aryl methyl sites for hydroxylation is 1. The molecule has 11 aromatic rings. The largest absolute Gasteiger partial charge is 0.456 e. The summed E-state index contributed by atoms with van der Waals surface area (Å²) in [6, 6.07) is 61.6. The van der Waals surface area contributed by atoms with Crippen molar-refractivity contribution < 1.29 is 8.83 Å². The lowest BCUT2D eigenvalue weighted by atomic mass is 9.92. The molecule has 3 aromatic heterocycles. The lowest BCUT2D eigenvalue weighted by Crippen LogP contribution is -2.52. The molecule has 3 nitrogen and oxygen atoms in total. The smallest absolute Gasteiger partial charge is 0.135 e. The molecule has 278 valence electrons. The molecule has 0 atom stereocenters. The van der Waals surface area contributed by atoms with Crippen molar-refractivity contribution in [3.63, 3.8) is 0 Å². The number of aromatic nitrogens is 1. The Kier molecular flexibility index (Phi) is 7.76. The molecule has 58 heavy (non-hydrogen) atoms. The van der Waals surface area contributed by atoms with Crippen molar-refractivity contribution in [2.45, 2.75) is 26.9 Å². The highest BCUT2D eigenvalue weighted by Gasteiger charge is 2.28. The number of hydrogen-bond donors (Lipinski definition) is 0. The molecule has 0 spiro atoms. The summed E-state index contributed by atoms with van der Waals surface area (Å²) in [4.78, 5) is 0. The number of para-hydroxylation sites is 2. The number of benzene rings is 8. The van der Waals surface area contributed by atoms with E-state index >= 15 is 0 Å². The van der Waals surface area contributed by atoms with E-state index in [1.54, 1.807) is 0 Å². The molecule has 0 bridgehead atoms. The lowest BCUT2D eigenvalue weighted by molar-refractivity contribution is 0.668. The van der Waals surface area contributed by atoms with Crippen LogP contribution < -0.4 is 10.4 Å². The Bertz CT molecular complexity index is 3410. The Labute approximate surface area is 338 Å². The first-order chi connectivity index (χ1) is 28.3. The average Bonchev–Trinajstić information content (AvgIpc) is 3.92. The summed E-state index contributed by atoms with van der Waals surface area (Å²) in [5.74, 6) is 0. The fourth-order valence-corrected chi connectivity index (χ4v) is 11.5. The summed E-state index contributed by atoms with van der Waals surface area (Å²) in [6.45, 7) is 9.30. The van der Waals surface area contributed by atoms with Crippen LogP contribution in [-0.2, 0) is 0 Å². The standard InChI is InChI=1S/C54H41NO2Si/c1-34-13-5-6-14-40(34)42-16-8-7-15-41(42)35(2)29-36-21-25-51-45(30-36)47-32-38(23-27-53(47)56-51)58(3,4)39-24-28-54-48(33-39)46-31-37(22-26-52(46)57-54)55-49-19-11-9-17-43(49)44-18-10-12-20-50(44)55/h5-33H,1-4H3/b35-29-. The van der Waals surface area contributed by atoms with Crippen LogP contribution in [0.2, 0.25) is 13.1 Å². The van der Waals surface area contributed by atoms with Crippen LogP contribution in [0.5, 0.6) is 0 Å². The van der Waals surface area contributed by atoms with Gasteiger partial charge in [0.2, 0.25) is 0 Å². The van der Waals surface area contributed by atoms with E-state index in [0.29, 0.717) is 0 Å². The highest BCUT2D eigenvalue weighted by atomic mass is 28.3. The van der Waals surface area contributed by atoms with Crippen molar-refractivity contribution in [3.05, 3.63) is 187 Å². The van der Waals surface area contributed by atoms with Gasteiger partial charge in [0.05, 0.1) is 11.0 Å². The van der Waals surface area contributed by atoms with Crippen LogP contribution in [0.1, 0.15) is 23.6 Å². The number of fused-ring (bicyclic) bond motifs is 9. The summed E-state index contributed by atoms with van der Waals surface area (Å²) in [6.07, 6.45) is 2.30. The molecule has 0 fully saturated rings. The van der Waals surface area contributed by atoms with Gasteiger partial charge in [0.1, 0.15) is 30.4 Å². The zero-order valence-electron chi connectivity index (χ0n) is 33.0. The van der Waals surface area contributed by atoms with E-state index in [0.717, 1.165) is 55.1 Å². The molecular formula is C54H41NO2Si. The second kappa shape index (κ2) is 13.1. The minimum absolute atomic E-state index is 0.904. The molecule has 0 radical (unpaired) electrons. The second-order valence-corrected chi connectivity index (χ2v) is 20.6. The van der Waals surface area contributed by atoms with Crippen LogP contribution in [0, 0.1) is 6.92 Å². The van der Waals surface area contributed by atoms with Crippen molar-refractivity contribution in [3.8, 4) is 16.8 Å². The lowest BCUT2D eigenvalue weighted by Gasteiger charge is -2.24. The van der Waals surface area contributed by atoms with E-state index in [4.69, 9.17) is 8.83 Å². The van der Waals surface area contributed by atoms with Crippen molar-refractivity contribution in [1.29, 1.82) is 0 Å². The first-order valence-electron chi connectivity index (χ1n) is 20.1. The van der Waals surface area contributed by atoms with Gasteiger partial charge in [0, 0.05) is 38.0 Å². The highest BCUT2D eigenvalue weighted by molar-refractivity contribution is 7.00. The van der Waals surface area contributed by atoms with Gasteiger partial charge in [-0.05, 0) is 102 Å². The molecule has 11 rings (SSSR count). The van der Waals surface area contributed by atoms with Gasteiger partial charge in [0.25, 0.3) is 0 Å². The fourth-order valence-electron chi connectivity index (χ4n) is 9.20. The monoisotopic (exact) mass is 763 g/mol. The number of furan rings is 2. The molecule has 3 heterocycles. The molecule has 0 saturated heterocycles. The van der Waals surface area contributed by atoms with Gasteiger partial charge in [-0.3, -0.25) is 0 Å². The maximum atomic E-state index is 6.46. The Morgan fingerprint density at radius 3 is 1.62 bits per heavy atom. The van der Waals surface area contributed by atoms with Gasteiger partial charge in [-0.25, -0.2) is 0 Å². The molecule has 0 aliphatic carbocycles. The highest BCUT2D eigenvalue weighted by Crippen LogP contribution is 2.37. The minimum atomic E-state index is -2.18. The molecule has 0 saturated carbocycles. The molecule has 0 amide bonds. The van der Waals surface area contributed by atoms with E-state index in [1.165, 1.54) is 60.0 Å². The fraction of sp³-hybridized carbons (Fsp3) is 0.0741. The van der Waals surface area contributed by atoms with Crippen LogP contribution in [0.3, 0.4) is 0 Å². The predicted molar refractivity (Wildman–Crippen MR) is 249 cm³/mol. The van der Waals surface area contributed by atoms with Gasteiger partial charge < -0.3 is 13.4 Å². The molecule has 0 aliphatic heterocycles. The summed E-state index contributed by atoms with van der Waals surface area (Å²) in [5.41, 5.74) is 14.6. The topological polar surface area (TPSA) is 31.2 Å².